The molecule has 1 aromatic rings. The molecule has 15 heavy (non-hydrogen) atoms. The standard InChI is InChI=1S/C11H13NOS2/c1-13-8-6-9-11-10(7-8)15-5-3-12(11)2-4-14-9/h6-7H,2-5H2,1H3. The Labute approximate surface area is 98.4 Å². The number of hydrogen-bond donors (Lipinski definition) is 0. The van der Waals surface area contributed by atoms with E-state index in [-0.39, 0.29) is 0 Å². The maximum absolute atomic E-state index is 5.34. The van der Waals surface area contributed by atoms with Crippen LogP contribution in [-0.4, -0.2) is 31.7 Å². The van der Waals surface area contributed by atoms with Gasteiger partial charge in [-0.3, -0.25) is 0 Å². The molecule has 0 saturated heterocycles. The van der Waals surface area contributed by atoms with Gasteiger partial charge in [-0.1, -0.05) is 0 Å². The minimum absolute atomic E-state index is 0.993. The van der Waals surface area contributed by atoms with E-state index in [1.165, 1.54) is 40.1 Å². The lowest BCUT2D eigenvalue weighted by molar-refractivity contribution is 0.412. The van der Waals surface area contributed by atoms with Gasteiger partial charge < -0.3 is 9.64 Å². The molecule has 0 amide bonds. The van der Waals surface area contributed by atoms with Crippen molar-refractivity contribution in [2.45, 2.75) is 9.79 Å². The maximum Gasteiger partial charge on any atom is 0.121 e. The highest BCUT2D eigenvalue weighted by Crippen LogP contribution is 2.46. The third-order valence-electron chi connectivity index (χ3n) is 2.80. The number of methoxy groups -OCH3 is 1. The summed E-state index contributed by atoms with van der Waals surface area (Å²) in [7, 11) is 1.74. The number of benzene rings is 1. The van der Waals surface area contributed by atoms with Crippen molar-refractivity contribution < 1.29 is 4.74 Å². The molecule has 2 aliphatic heterocycles. The van der Waals surface area contributed by atoms with Gasteiger partial charge in [0.1, 0.15) is 5.75 Å². The van der Waals surface area contributed by atoms with Crippen molar-refractivity contribution >= 4 is 29.2 Å². The molecule has 0 bridgehead atoms. The Balaban J connectivity index is 2.15. The molecule has 4 heteroatoms. The van der Waals surface area contributed by atoms with E-state index in [2.05, 4.69) is 17.0 Å². The summed E-state index contributed by atoms with van der Waals surface area (Å²) < 4.78 is 5.34. The molecule has 0 radical (unpaired) electrons. The SMILES string of the molecule is COc1cc2c3c(c1)SCCN3CCS2. The van der Waals surface area contributed by atoms with Crippen LogP contribution in [0, 0.1) is 0 Å². The van der Waals surface area contributed by atoms with Gasteiger partial charge in [-0.05, 0) is 12.1 Å². The predicted molar refractivity (Wildman–Crippen MR) is 66.7 cm³/mol. The van der Waals surface area contributed by atoms with E-state index in [1.54, 1.807) is 7.11 Å². The minimum atomic E-state index is 0.993. The molecule has 2 nitrogen and oxygen atoms in total. The van der Waals surface area contributed by atoms with Crippen molar-refractivity contribution in [3.63, 3.8) is 0 Å². The van der Waals surface area contributed by atoms with Gasteiger partial charge in [-0.2, -0.15) is 0 Å². The average Bonchev–Trinajstić information content (AvgIpc) is 2.29. The first-order chi connectivity index (χ1) is 7.38. The molecule has 0 aliphatic carbocycles. The van der Waals surface area contributed by atoms with E-state index in [4.69, 9.17) is 4.74 Å². The smallest absolute Gasteiger partial charge is 0.121 e. The fourth-order valence-corrected chi connectivity index (χ4v) is 4.35. The molecule has 1 aromatic carbocycles. The second-order valence-electron chi connectivity index (χ2n) is 3.66. The number of ether oxygens (including phenoxy) is 1. The third kappa shape index (κ3) is 1.60. The first-order valence-corrected chi connectivity index (χ1v) is 7.08. The highest BCUT2D eigenvalue weighted by molar-refractivity contribution is 8.00. The van der Waals surface area contributed by atoms with E-state index in [9.17, 15) is 0 Å². The molecule has 0 aromatic heterocycles. The van der Waals surface area contributed by atoms with Crippen molar-refractivity contribution in [2.75, 3.05) is 36.6 Å². The van der Waals surface area contributed by atoms with Crippen molar-refractivity contribution in [1.82, 2.24) is 0 Å². The van der Waals surface area contributed by atoms with Crippen molar-refractivity contribution in [2.24, 2.45) is 0 Å². The van der Waals surface area contributed by atoms with Crippen LogP contribution in [0.2, 0.25) is 0 Å². The topological polar surface area (TPSA) is 12.5 Å². The fraction of sp³-hybridized carbons (Fsp3) is 0.455. The summed E-state index contributed by atoms with van der Waals surface area (Å²) in [4.78, 5) is 5.29. The highest BCUT2D eigenvalue weighted by atomic mass is 32.2. The summed E-state index contributed by atoms with van der Waals surface area (Å²) in [5.41, 5.74) is 1.45. The quantitative estimate of drug-likeness (QED) is 0.746. The number of thioether (sulfide) groups is 2. The van der Waals surface area contributed by atoms with Crippen molar-refractivity contribution in [3.8, 4) is 5.75 Å². The first kappa shape index (κ1) is 9.73. The van der Waals surface area contributed by atoms with Gasteiger partial charge in [0.25, 0.3) is 0 Å². The van der Waals surface area contributed by atoms with Crippen LogP contribution in [0.4, 0.5) is 5.69 Å². The zero-order chi connectivity index (χ0) is 10.3. The summed E-state index contributed by atoms with van der Waals surface area (Å²) in [5, 5.41) is 0. The van der Waals surface area contributed by atoms with Gasteiger partial charge in [0, 0.05) is 34.4 Å². The molecule has 0 atom stereocenters. The van der Waals surface area contributed by atoms with Crippen LogP contribution in [0.15, 0.2) is 21.9 Å². The monoisotopic (exact) mass is 239 g/mol. The zero-order valence-corrected chi connectivity index (χ0v) is 10.3. The first-order valence-electron chi connectivity index (χ1n) is 5.11. The van der Waals surface area contributed by atoms with Crippen molar-refractivity contribution in [3.05, 3.63) is 12.1 Å². The summed E-state index contributed by atoms with van der Waals surface area (Å²) in [6, 6.07) is 4.34. The summed E-state index contributed by atoms with van der Waals surface area (Å²) in [5.74, 6) is 3.39. The largest absolute Gasteiger partial charge is 0.497 e. The molecule has 3 rings (SSSR count). The van der Waals surface area contributed by atoms with Crippen LogP contribution in [0.3, 0.4) is 0 Å². The third-order valence-corrected chi connectivity index (χ3v) is 4.82. The molecule has 80 valence electrons. The van der Waals surface area contributed by atoms with Crippen LogP contribution in [0.1, 0.15) is 0 Å². The molecular weight excluding hydrogens is 226 g/mol. The number of nitrogens with zero attached hydrogens (tertiary/aromatic N) is 1. The van der Waals surface area contributed by atoms with E-state index in [1.807, 2.05) is 23.5 Å². The summed E-state index contributed by atoms with van der Waals surface area (Å²) in [6.45, 7) is 2.38. The second-order valence-corrected chi connectivity index (χ2v) is 5.93. The van der Waals surface area contributed by atoms with Crippen LogP contribution in [0.5, 0.6) is 5.75 Å². The number of rotatable bonds is 1. The Morgan fingerprint density at radius 1 is 1.13 bits per heavy atom. The Morgan fingerprint density at radius 2 is 1.73 bits per heavy atom. The van der Waals surface area contributed by atoms with Crippen LogP contribution in [0.25, 0.3) is 0 Å². The predicted octanol–water partition coefficient (Wildman–Crippen LogP) is 2.71. The average molecular weight is 239 g/mol. The Bertz CT molecular complexity index is 363. The molecule has 0 spiro atoms. The molecule has 0 saturated carbocycles. The zero-order valence-electron chi connectivity index (χ0n) is 8.66. The molecule has 0 N–H and O–H groups in total. The summed E-state index contributed by atoms with van der Waals surface area (Å²) in [6.07, 6.45) is 0. The van der Waals surface area contributed by atoms with E-state index in [0.717, 1.165) is 5.75 Å². The van der Waals surface area contributed by atoms with Gasteiger partial charge >= 0.3 is 0 Å². The lowest BCUT2D eigenvalue weighted by Gasteiger charge is -2.36. The van der Waals surface area contributed by atoms with Gasteiger partial charge in [0.05, 0.1) is 12.8 Å². The van der Waals surface area contributed by atoms with Gasteiger partial charge in [0.15, 0.2) is 0 Å². The van der Waals surface area contributed by atoms with E-state index < -0.39 is 0 Å². The summed E-state index contributed by atoms with van der Waals surface area (Å²) >= 11 is 3.90. The van der Waals surface area contributed by atoms with Gasteiger partial charge in [-0.25, -0.2) is 0 Å². The second kappa shape index (κ2) is 3.83. The normalized spacial score (nSPS) is 18.6. The van der Waals surface area contributed by atoms with Crippen LogP contribution < -0.4 is 9.64 Å². The van der Waals surface area contributed by atoms with Crippen molar-refractivity contribution in [1.29, 1.82) is 0 Å². The Kier molecular flexibility index (Phi) is 2.48. The van der Waals surface area contributed by atoms with E-state index >= 15 is 0 Å². The van der Waals surface area contributed by atoms with Gasteiger partial charge in [0.2, 0.25) is 0 Å². The van der Waals surface area contributed by atoms with E-state index in [0.29, 0.717) is 0 Å². The molecule has 2 heterocycles. The minimum Gasteiger partial charge on any atom is -0.497 e. The highest BCUT2D eigenvalue weighted by Gasteiger charge is 2.25. The Hall–Kier alpha value is -0.480. The van der Waals surface area contributed by atoms with Crippen LogP contribution in [-0.2, 0) is 0 Å². The fourth-order valence-electron chi connectivity index (χ4n) is 2.07. The lowest BCUT2D eigenvalue weighted by atomic mass is 10.2. The molecular formula is C11H13NOS2. The molecule has 2 aliphatic rings. The van der Waals surface area contributed by atoms with Crippen LogP contribution >= 0.6 is 23.5 Å². The van der Waals surface area contributed by atoms with Gasteiger partial charge in [-0.15, -0.1) is 23.5 Å². The molecule has 0 fully saturated rings. The maximum atomic E-state index is 5.34. The number of anilines is 1. The number of hydrogen-bond acceptors (Lipinski definition) is 4. The molecule has 0 unspecified atom stereocenters. The Morgan fingerprint density at radius 3 is 2.27 bits per heavy atom. The lowest BCUT2D eigenvalue weighted by Crippen LogP contribution is -2.33.